The fourth-order valence-electron chi connectivity index (χ4n) is 3.16. The Morgan fingerprint density at radius 2 is 2.00 bits per heavy atom. The number of carbonyl (C=O) groups excluding carboxylic acids is 2. The number of anilines is 2. The van der Waals surface area contributed by atoms with E-state index in [0.29, 0.717) is 34.5 Å². The molecule has 0 bridgehead atoms. The average Bonchev–Trinajstić information content (AvgIpc) is 3.08. The molecule has 4 rings (SSSR count). The van der Waals surface area contributed by atoms with Gasteiger partial charge in [0.2, 0.25) is 11.8 Å². The number of fused-ring (bicyclic) bond motifs is 1. The van der Waals surface area contributed by atoms with E-state index < -0.39 is 0 Å². The highest BCUT2D eigenvalue weighted by molar-refractivity contribution is 6.00. The van der Waals surface area contributed by atoms with Gasteiger partial charge < -0.3 is 19.8 Å². The van der Waals surface area contributed by atoms with E-state index in [0.717, 1.165) is 12.0 Å². The van der Waals surface area contributed by atoms with Crippen molar-refractivity contribution in [3.8, 4) is 17.2 Å². The lowest BCUT2D eigenvalue weighted by Crippen LogP contribution is -2.26. The molecule has 3 aromatic rings. The number of aryl methyl sites for hydroxylation is 2. The molecule has 7 heteroatoms. The second kappa shape index (κ2) is 7.79. The van der Waals surface area contributed by atoms with E-state index in [-0.39, 0.29) is 24.8 Å². The van der Waals surface area contributed by atoms with Crippen LogP contribution in [0.2, 0.25) is 0 Å². The van der Waals surface area contributed by atoms with Crippen molar-refractivity contribution in [2.24, 2.45) is 0 Å². The van der Waals surface area contributed by atoms with E-state index in [9.17, 15) is 9.59 Å². The number of aromatic nitrogens is 1. The largest absolute Gasteiger partial charge is 0.479 e. The first-order chi connectivity index (χ1) is 14.0. The van der Waals surface area contributed by atoms with Gasteiger partial charge in [-0.15, -0.1) is 0 Å². The molecule has 0 unspecified atom stereocenters. The summed E-state index contributed by atoms with van der Waals surface area (Å²) in [6.45, 7) is 3.81. The van der Waals surface area contributed by atoms with E-state index in [1.54, 1.807) is 25.1 Å². The number of oxazole rings is 1. The van der Waals surface area contributed by atoms with Crippen molar-refractivity contribution in [2.45, 2.75) is 26.7 Å². The molecular formula is C22H21N3O4. The Hall–Kier alpha value is -3.61. The lowest BCUT2D eigenvalue weighted by atomic mass is 10.1. The van der Waals surface area contributed by atoms with Crippen LogP contribution in [0.1, 0.15) is 23.9 Å². The van der Waals surface area contributed by atoms with Crippen molar-refractivity contribution in [1.29, 1.82) is 0 Å². The third-order valence-electron chi connectivity index (χ3n) is 4.74. The van der Waals surface area contributed by atoms with Crippen molar-refractivity contribution in [2.75, 3.05) is 17.2 Å². The van der Waals surface area contributed by atoms with E-state index in [4.69, 9.17) is 9.15 Å². The summed E-state index contributed by atoms with van der Waals surface area (Å²) < 4.78 is 11.2. The van der Waals surface area contributed by atoms with E-state index in [2.05, 4.69) is 22.5 Å². The molecule has 0 spiro atoms. The van der Waals surface area contributed by atoms with Crippen LogP contribution in [0.25, 0.3) is 11.5 Å². The number of benzene rings is 2. The zero-order valence-electron chi connectivity index (χ0n) is 16.2. The minimum atomic E-state index is -0.247. The second-order valence-corrected chi connectivity index (χ2v) is 6.82. The Morgan fingerprint density at radius 3 is 2.76 bits per heavy atom. The number of hydrogen-bond donors (Lipinski definition) is 2. The molecule has 0 saturated heterocycles. The van der Waals surface area contributed by atoms with Crippen LogP contribution in [-0.4, -0.2) is 23.4 Å². The number of carbonyl (C=O) groups is 2. The maximum Gasteiger partial charge on any atom is 0.262 e. The predicted octanol–water partition coefficient (Wildman–Crippen LogP) is 3.72. The van der Waals surface area contributed by atoms with Gasteiger partial charge in [-0.05, 0) is 43.2 Å². The summed E-state index contributed by atoms with van der Waals surface area (Å²) in [5.74, 6) is 1.08. The van der Waals surface area contributed by atoms with Crippen molar-refractivity contribution < 1.29 is 18.7 Å². The summed E-state index contributed by atoms with van der Waals surface area (Å²) in [7, 11) is 0. The maximum atomic E-state index is 12.6. The van der Waals surface area contributed by atoms with Crippen molar-refractivity contribution >= 4 is 23.2 Å². The highest BCUT2D eigenvalue weighted by Crippen LogP contribution is 2.35. The molecule has 2 heterocycles. The quantitative estimate of drug-likeness (QED) is 0.691. The lowest BCUT2D eigenvalue weighted by Gasteiger charge is -2.20. The molecule has 2 N–H and O–H groups in total. The fourth-order valence-corrected chi connectivity index (χ4v) is 3.16. The van der Waals surface area contributed by atoms with Crippen LogP contribution in [0.3, 0.4) is 0 Å². The standard InChI is InChI=1S/C22H21N3O4/c1-3-14-7-9-15(10-8-14)22-25-18(13(2)29-22)11-19(26)23-16-5-4-6-17-21(16)28-12-20(27)24-17/h4-10H,3,11-12H2,1-2H3,(H,23,26)(H,24,27). The van der Waals surface area contributed by atoms with Gasteiger partial charge in [-0.1, -0.05) is 25.1 Å². The van der Waals surface area contributed by atoms with E-state index in [1.165, 1.54) is 5.56 Å². The molecule has 2 aromatic carbocycles. The number of ether oxygens (including phenoxy) is 1. The molecule has 0 atom stereocenters. The van der Waals surface area contributed by atoms with Crippen LogP contribution in [0.4, 0.5) is 11.4 Å². The first-order valence-electron chi connectivity index (χ1n) is 9.44. The molecule has 0 aliphatic carbocycles. The molecule has 29 heavy (non-hydrogen) atoms. The molecule has 0 radical (unpaired) electrons. The molecular weight excluding hydrogens is 370 g/mol. The van der Waals surface area contributed by atoms with Crippen molar-refractivity contribution in [1.82, 2.24) is 4.98 Å². The van der Waals surface area contributed by atoms with Gasteiger partial charge in [0.25, 0.3) is 5.91 Å². The van der Waals surface area contributed by atoms with Gasteiger partial charge in [0.1, 0.15) is 5.76 Å². The Balaban J connectivity index is 1.49. The molecule has 7 nitrogen and oxygen atoms in total. The van der Waals surface area contributed by atoms with Crippen LogP contribution in [0.15, 0.2) is 46.9 Å². The first-order valence-corrected chi connectivity index (χ1v) is 9.44. The highest BCUT2D eigenvalue weighted by atomic mass is 16.5. The van der Waals surface area contributed by atoms with Crippen LogP contribution in [-0.2, 0) is 22.4 Å². The molecule has 1 aliphatic rings. The van der Waals surface area contributed by atoms with E-state index >= 15 is 0 Å². The monoisotopic (exact) mass is 391 g/mol. The molecule has 148 valence electrons. The topological polar surface area (TPSA) is 93.5 Å². The van der Waals surface area contributed by atoms with Gasteiger partial charge in [-0.3, -0.25) is 9.59 Å². The third kappa shape index (κ3) is 3.99. The van der Waals surface area contributed by atoms with Crippen molar-refractivity contribution in [3.63, 3.8) is 0 Å². The first kappa shape index (κ1) is 18.7. The number of nitrogens with zero attached hydrogens (tertiary/aromatic N) is 1. The Morgan fingerprint density at radius 1 is 1.21 bits per heavy atom. The normalized spacial score (nSPS) is 12.7. The summed E-state index contributed by atoms with van der Waals surface area (Å²) in [6.07, 6.45) is 1.03. The van der Waals surface area contributed by atoms with Crippen LogP contribution in [0, 0.1) is 6.92 Å². The predicted molar refractivity (Wildman–Crippen MR) is 109 cm³/mol. The summed E-state index contributed by atoms with van der Waals surface area (Å²) in [5.41, 5.74) is 3.73. The zero-order chi connectivity index (χ0) is 20.4. The molecule has 2 amide bonds. The van der Waals surface area contributed by atoms with Crippen molar-refractivity contribution in [3.05, 3.63) is 59.5 Å². The number of nitrogens with one attached hydrogen (secondary N) is 2. The lowest BCUT2D eigenvalue weighted by molar-refractivity contribution is -0.118. The summed E-state index contributed by atoms with van der Waals surface area (Å²) in [4.78, 5) is 28.5. The minimum Gasteiger partial charge on any atom is -0.479 e. The smallest absolute Gasteiger partial charge is 0.262 e. The fraction of sp³-hybridized carbons (Fsp3) is 0.227. The Bertz CT molecular complexity index is 1070. The summed E-state index contributed by atoms with van der Waals surface area (Å²) in [6, 6.07) is 13.2. The van der Waals surface area contributed by atoms with Gasteiger partial charge in [-0.25, -0.2) is 4.98 Å². The Labute approximate surface area is 168 Å². The van der Waals surface area contributed by atoms with Crippen LogP contribution >= 0.6 is 0 Å². The molecule has 1 aliphatic heterocycles. The van der Waals surface area contributed by atoms with Gasteiger partial charge >= 0.3 is 0 Å². The number of para-hydroxylation sites is 1. The van der Waals surface area contributed by atoms with Gasteiger partial charge in [0.15, 0.2) is 12.4 Å². The zero-order valence-corrected chi connectivity index (χ0v) is 16.2. The average molecular weight is 391 g/mol. The van der Waals surface area contributed by atoms with Gasteiger partial charge in [-0.2, -0.15) is 0 Å². The van der Waals surface area contributed by atoms with Gasteiger partial charge in [0.05, 0.1) is 23.5 Å². The third-order valence-corrected chi connectivity index (χ3v) is 4.74. The minimum absolute atomic E-state index is 0.0679. The van der Waals surface area contributed by atoms with E-state index in [1.807, 2.05) is 24.3 Å². The maximum absolute atomic E-state index is 12.6. The summed E-state index contributed by atoms with van der Waals surface area (Å²) >= 11 is 0. The van der Waals surface area contributed by atoms with Crippen LogP contribution < -0.4 is 15.4 Å². The second-order valence-electron chi connectivity index (χ2n) is 6.82. The van der Waals surface area contributed by atoms with Gasteiger partial charge in [0, 0.05) is 5.56 Å². The molecule has 1 aromatic heterocycles. The Kier molecular flexibility index (Phi) is 5.03. The highest BCUT2D eigenvalue weighted by Gasteiger charge is 2.21. The number of rotatable bonds is 5. The number of hydrogen-bond acceptors (Lipinski definition) is 5. The molecule has 0 fully saturated rings. The SMILES string of the molecule is CCc1ccc(-c2nc(CC(=O)Nc3cccc4c3OCC(=O)N4)c(C)o2)cc1. The number of amides is 2. The molecule has 0 saturated carbocycles. The summed E-state index contributed by atoms with van der Waals surface area (Å²) in [5, 5.41) is 5.55. The van der Waals surface area contributed by atoms with Crippen LogP contribution in [0.5, 0.6) is 5.75 Å².